The van der Waals surface area contributed by atoms with Gasteiger partial charge in [-0.2, -0.15) is 5.26 Å². The van der Waals surface area contributed by atoms with Crippen LogP contribution in [0.4, 0.5) is 14.5 Å². The summed E-state index contributed by atoms with van der Waals surface area (Å²) in [7, 11) is 0. The topological polar surface area (TPSA) is 60.2 Å². The summed E-state index contributed by atoms with van der Waals surface area (Å²) in [4.78, 5) is 21.1. The van der Waals surface area contributed by atoms with E-state index in [0.717, 1.165) is 11.3 Å². The van der Waals surface area contributed by atoms with Gasteiger partial charge in [-0.3, -0.25) is 14.7 Å². The molecule has 1 spiro atoms. The number of nitrogens with zero attached hydrogens (tertiary/aromatic N) is 4. The number of aromatic nitrogens is 1. The second-order valence-electron chi connectivity index (χ2n) is 8.45. The average molecular weight is 410 g/mol. The predicted molar refractivity (Wildman–Crippen MR) is 109 cm³/mol. The Hall–Kier alpha value is -2.85. The highest BCUT2D eigenvalue weighted by atomic mass is 19.3. The monoisotopic (exact) mass is 410 g/mol. The molecule has 0 aliphatic carbocycles. The van der Waals surface area contributed by atoms with Crippen molar-refractivity contribution >= 4 is 11.6 Å². The first kappa shape index (κ1) is 20.4. The standard InChI is InChI=1S/C23H24F2N4O/c1-17-5-3-9-27-20(17)13-28-15-22(14-23(24,25)16-28)8-4-10-29(21(22)30)19-7-2-6-18(11-19)12-26/h2-3,5-7,9,11H,4,8,10,13-16H2,1H3/t22-/m1/s1. The van der Waals surface area contributed by atoms with Crippen LogP contribution in [0.5, 0.6) is 0 Å². The SMILES string of the molecule is Cc1cccnc1CN1CC(F)(F)C[C@]2(CCCN(c3cccc(C#N)c3)C2=O)C1. The molecule has 156 valence electrons. The Morgan fingerprint density at radius 1 is 1.23 bits per heavy atom. The lowest BCUT2D eigenvalue weighted by molar-refractivity contribution is -0.155. The molecule has 0 saturated carbocycles. The van der Waals surface area contributed by atoms with Gasteiger partial charge in [-0.1, -0.05) is 12.1 Å². The predicted octanol–water partition coefficient (Wildman–Crippen LogP) is 3.92. The number of pyridine rings is 1. The van der Waals surface area contributed by atoms with Crippen molar-refractivity contribution in [2.75, 3.05) is 24.5 Å². The number of halogens is 2. The number of alkyl halides is 2. The van der Waals surface area contributed by atoms with E-state index >= 15 is 0 Å². The summed E-state index contributed by atoms with van der Waals surface area (Å²) >= 11 is 0. The van der Waals surface area contributed by atoms with Crippen LogP contribution in [-0.2, 0) is 11.3 Å². The number of hydrogen-bond acceptors (Lipinski definition) is 4. The number of aryl methyl sites for hydroxylation is 1. The zero-order valence-corrected chi connectivity index (χ0v) is 16.9. The molecule has 1 atom stereocenters. The summed E-state index contributed by atoms with van der Waals surface area (Å²) in [5, 5.41) is 9.17. The number of amides is 1. The quantitative estimate of drug-likeness (QED) is 0.770. The van der Waals surface area contributed by atoms with Crippen LogP contribution >= 0.6 is 0 Å². The Labute approximate surface area is 174 Å². The fourth-order valence-electron chi connectivity index (χ4n) is 4.80. The maximum atomic E-state index is 14.8. The van der Waals surface area contributed by atoms with Crippen molar-refractivity contribution in [2.24, 2.45) is 5.41 Å². The molecule has 2 fully saturated rings. The number of piperidine rings is 2. The first-order valence-electron chi connectivity index (χ1n) is 10.1. The van der Waals surface area contributed by atoms with Crippen LogP contribution in [0.2, 0.25) is 0 Å². The number of rotatable bonds is 3. The van der Waals surface area contributed by atoms with Gasteiger partial charge in [0, 0.05) is 37.9 Å². The Kier molecular flexibility index (Phi) is 5.29. The van der Waals surface area contributed by atoms with Gasteiger partial charge in [0.2, 0.25) is 5.91 Å². The minimum atomic E-state index is -2.95. The van der Waals surface area contributed by atoms with Gasteiger partial charge < -0.3 is 4.90 Å². The van der Waals surface area contributed by atoms with E-state index in [4.69, 9.17) is 5.26 Å². The van der Waals surface area contributed by atoms with Crippen LogP contribution in [0.15, 0.2) is 42.6 Å². The summed E-state index contributed by atoms with van der Waals surface area (Å²) in [6, 6.07) is 12.6. The highest BCUT2D eigenvalue weighted by Gasteiger charge is 2.55. The van der Waals surface area contributed by atoms with Crippen LogP contribution in [0.3, 0.4) is 0 Å². The molecule has 0 N–H and O–H groups in total. The third kappa shape index (κ3) is 3.92. The molecule has 0 radical (unpaired) electrons. The van der Waals surface area contributed by atoms with Gasteiger partial charge in [0.15, 0.2) is 0 Å². The second kappa shape index (κ2) is 7.77. The molecule has 1 aromatic carbocycles. The zero-order valence-electron chi connectivity index (χ0n) is 16.9. The molecule has 0 bridgehead atoms. The number of nitriles is 1. The maximum Gasteiger partial charge on any atom is 0.261 e. The number of carbonyl (C=O) groups is 1. The summed E-state index contributed by atoms with van der Waals surface area (Å²) in [6.45, 7) is 2.59. The van der Waals surface area contributed by atoms with E-state index in [1.807, 2.05) is 19.1 Å². The lowest BCUT2D eigenvalue weighted by atomic mass is 9.71. The number of anilines is 1. The van der Waals surface area contributed by atoms with Crippen molar-refractivity contribution in [2.45, 2.75) is 38.7 Å². The molecule has 1 aromatic heterocycles. The third-order valence-corrected chi connectivity index (χ3v) is 6.09. The molecule has 2 aliphatic heterocycles. The highest BCUT2D eigenvalue weighted by molar-refractivity contribution is 5.98. The van der Waals surface area contributed by atoms with Gasteiger partial charge in [-0.05, 0) is 49.6 Å². The van der Waals surface area contributed by atoms with Crippen molar-refractivity contribution < 1.29 is 13.6 Å². The Morgan fingerprint density at radius 3 is 2.83 bits per heavy atom. The van der Waals surface area contributed by atoms with E-state index in [0.29, 0.717) is 37.2 Å². The second-order valence-corrected chi connectivity index (χ2v) is 8.45. The van der Waals surface area contributed by atoms with Gasteiger partial charge in [0.05, 0.1) is 29.3 Å². The normalized spacial score (nSPS) is 24.1. The Balaban J connectivity index is 1.63. The van der Waals surface area contributed by atoms with Gasteiger partial charge in [-0.15, -0.1) is 0 Å². The number of benzene rings is 1. The third-order valence-electron chi connectivity index (χ3n) is 6.09. The minimum absolute atomic E-state index is 0.272. The van der Waals surface area contributed by atoms with E-state index in [9.17, 15) is 13.6 Å². The van der Waals surface area contributed by atoms with Gasteiger partial charge >= 0.3 is 0 Å². The molecule has 2 aliphatic rings. The molecule has 2 aromatic rings. The molecule has 3 heterocycles. The van der Waals surface area contributed by atoms with Crippen molar-refractivity contribution in [3.05, 3.63) is 59.4 Å². The molecule has 0 unspecified atom stereocenters. The van der Waals surface area contributed by atoms with Crippen molar-refractivity contribution in [3.63, 3.8) is 0 Å². The molecular formula is C23H24F2N4O. The summed E-state index contributed by atoms with van der Waals surface area (Å²) in [5.41, 5.74) is 1.61. The summed E-state index contributed by atoms with van der Waals surface area (Å²) in [6.07, 6.45) is 2.31. The Morgan fingerprint density at radius 2 is 2.07 bits per heavy atom. The van der Waals surface area contributed by atoms with Crippen LogP contribution in [0, 0.1) is 23.7 Å². The number of carbonyl (C=O) groups excluding carboxylic acids is 1. The first-order chi connectivity index (χ1) is 14.3. The van der Waals surface area contributed by atoms with Gasteiger partial charge in [0.25, 0.3) is 5.92 Å². The fraction of sp³-hybridized carbons (Fsp3) is 0.435. The molecule has 5 nitrogen and oxygen atoms in total. The van der Waals surface area contributed by atoms with Crippen LogP contribution < -0.4 is 4.90 Å². The largest absolute Gasteiger partial charge is 0.312 e. The molecule has 4 rings (SSSR count). The lowest BCUT2D eigenvalue weighted by Gasteiger charge is -2.49. The zero-order chi connectivity index (χ0) is 21.4. The van der Waals surface area contributed by atoms with Crippen molar-refractivity contribution in [1.82, 2.24) is 9.88 Å². The van der Waals surface area contributed by atoms with E-state index in [-0.39, 0.29) is 19.0 Å². The highest BCUT2D eigenvalue weighted by Crippen LogP contribution is 2.46. The number of likely N-dealkylation sites (tertiary alicyclic amines) is 1. The van der Waals surface area contributed by atoms with Crippen molar-refractivity contribution in [3.8, 4) is 6.07 Å². The summed E-state index contributed by atoms with van der Waals surface area (Å²) in [5.74, 6) is -3.22. The molecule has 30 heavy (non-hydrogen) atoms. The smallest absolute Gasteiger partial charge is 0.261 e. The van der Waals surface area contributed by atoms with E-state index in [1.165, 1.54) is 0 Å². The first-order valence-corrected chi connectivity index (χ1v) is 10.1. The molecule has 1 amide bonds. The summed E-state index contributed by atoms with van der Waals surface area (Å²) < 4.78 is 29.7. The molecule has 7 heteroatoms. The lowest BCUT2D eigenvalue weighted by Crippen LogP contribution is -2.61. The minimum Gasteiger partial charge on any atom is -0.312 e. The van der Waals surface area contributed by atoms with Crippen LogP contribution in [0.1, 0.15) is 36.1 Å². The Bertz CT molecular complexity index is 1000. The van der Waals surface area contributed by atoms with Crippen LogP contribution in [-0.4, -0.2) is 41.3 Å². The average Bonchev–Trinajstić information content (AvgIpc) is 2.71. The maximum absolute atomic E-state index is 14.8. The van der Waals surface area contributed by atoms with Crippen molar-refractivity contribution in [1.29, 1.82) is 5.26 Å². The molecule has 2 saturated heterocycles. The number of hydrogen-bond donors (Lipinski definition) is 0. The van der Waals surface area contributed by atoms with Gasteiger partial charge in [0.1, 0.15) is 0 Å². The molecular weight excluding hydrogens is 386 g/mol. The fourth-order valence-corrected chi connectivity index (χ4v) is 4.80. The van der Waals surface area contributed by atoms with E-state index in [1.54, 1.807) is 40.3 Å². The van der Waals surface area contributed by atoms with E-state index in [2.05, 4.69) is 11.1 Å². The van der Waals surface area contributed by atoms with Gasteiger partial charge in [-0.25, -0.2) is 8.78 Å². The van der Waals surface area contributed by atoms with E-state index < -0.39 is 17.8 Å². The van der Waals surface area contributed by atoms with Crippen LogP contribution in [0.25, 0.3) is 0 Å².